The van der Waals surface area contributed by atoms with Gasteiger partial charge in [-0.1, -0.05) is 0 Å². The smallest absolute Gasteiger partial charge is 0.166 e. The molecule has 0 radical (unpaired) electrons. The van der Waals surface area contributed by atoms with Gasteiger partial charge in [0.15, 0.2) is 6.29 Å². The summed E-state index contributed by atoms with van der Waals surface area (Å²) in [4.78, 5) is 12.8. The minimum Gasteiger partial charge on any atom is -0.388 e. The van der Waals surface area contributed by atoms with Gasteiger partial charge >= 0.3 is 0 Å². The molecular weight excluding hydrogens is 142 g/mol. The number of hydrogen-bond acceptors (Lipinski definition) is 2. The molecule has 0 unspecified atom stereocenters. The summed E-state index contributed by atoms with van der Waals surface area (Å²) in [6.45, 7) is 1.89. The SMILES string of the molecule is COC.Cc1cc[nH]c1C=O. The molecular formula is C8H13NO2. The van der Waals surface area contributed by atoms with Crippen molar-refractivity contribution in [3.05, 3.63) is 23.5 Å². The molecule has 0 atom stereocenters. The van der Waals surface area contributed by atoms with Crippen molar-refractivity contribution in [3.8, 4) is 0 Å². The number of aryl methyl sites for hydroxylation is 1. The van der Waals surface area contributed by atoms with Gasteiger partial charge in [-0.25, -0.2) is 0 Å². The zero-order chi connectivity index (χ0) is 8.69. The highest BCUT2D eigenvalue weighted by molar-refractivity contribution is 5.74. The van der Waals surface area contributed by atoms with Gasteiger partial charge < -0.3 is 9.72 Å². The van der Waals surface area contributed by atoms with Crippen molar-refractivity contribution in [1.29, 1.82) is 0 Å². The Balaban J connectivity index is 0.000000292. The minimum absolute atomic E-state index is 0.671. The summed E-state index contributed by atoms with van der Waals surface area (Å²) in [6.07, 6.45) is 2.56. The first kappa shape index (κ1) is 9.91. The second-order valence-electron chi connectivity index (χ2n) is 2.10. The van der Waals surface area contributed by atoms with E-state index in [9.17, 15) is 4.79 Å². The maximum Gasteiger partial charge on any atom is 0.166 e. The Labute approximate surface area is 66.4 Å². The van der Waals surface area contributed by atoms with Crippen LogP contribution in [0.2, 0.25) is 0 Å². The Morgan fingerprint density at radius 2 is 2.09 bits per heavy atom. The maximum atomic E-state index is 10.1. The first-order valence-corrected chi connectivity index (χ1v) is 3.25. The Morgan fingerprint density at radius 1 is 1.55 bits per heavy atom. The molecule has 1 rings (SSSR count). The van der Waals surface area contributed by atoms with E-state index >= 15 is 0 Å². The second kappa shape index (κ2) is 5.68. The summed E-state index contributed by atoms with van der Waals surface area (Å²) in [5, 5.41) is 0. The molecule has 1 N–H and O–H groups in total. The van der Waals surface area contributed by atoms with Crippen molar-refractivity contribution in [2.45, 2.75) is 6.92 Å². The number of H-pyrrole nitrogens is 1. The molecule has 0 spiro atoms. The summed E-state index contributed by atoms with van der Waals surface area (Å²) in [5.41, 5.74) is 1.67. The van der Waals surface area contributed by atoms with Crippen LogP contribution in [0, 0.1) is 6.92 Å². The molecule has 0 aliphatic rings. The summed E-state index contributed by atoms with van der Waals surface area (Å²) >= 11 is 0. The van der Waals surface area contributed by atoms with E-state index in [0.29, 0.717) is 5.69 Å². The fourth-order valence-corrected chi connectivity index (χ4v) is 0.587. The molecule has 0 bridgehead atoms. The van der Waals surface area contributed by atoms with Gasteiger partial charge in [-0.15, -0.1) is 0 Å². The number of ether oxygens (including phenoxy) is 1. The molecule has 0 saturated heterocycles. The first-order chi connectivity index (χ1) is 5.26. The van der Waals surface area contributed by atoms with Gasteiger partial charge in [0.1, 0.15) is 0 Å². The van der Waals surface area contributed by atoms with Gasteiger partial charge in [0, 0.05) is 20.4 Å². The average molecular weight is 155 g/mol. The van der Waals surface area contributed by atoms with Crippen molar-refractivity contribution in [1.82, 2.24) is 4.98 Å². The number of aromatic nitrogens is 1. The summed E-state index contributed by atoms with van der Waals surface area (Å²) in [5.74, 6) is 0. The topological polar surface area (TPSA) is 42.1 Å². The van der Waals surface area contributed by atoms with Crippen LogP contribution >= 0.6 is 0 Å². The normalized spacial score (nSPS) is 8.27. The third-order valence-electron chi connectivity index (χ3n) is 1.11. The first-order valence-electron chi connectivity index (χ1n) is 3.25. The van der Waals surface area contributed by atoms with Crippen LogP contribution in [0.15, 0.2) is 12.3 Å². The van der Waals surface area contributed by atoms with Crippen LogP contribution in [-0.2, 0) is 4.74 Å². The van der Waals surface area contributed by atoms with Crippen LogP contribution < -0.4 is 0 Å². The Hall–Kier alpha value is -1.09. The Kier molecular flexibility index (Phi) is 5.11. The number of nitrogens with one attached hydrogen (secondary N) is 1. The van der Waals surface area contributed by atoms with Crippen LogP contribution in [0.4, 0.5) is 0 Å². The predicted octanol–water partition coefficient (Wildman–Crippen LogP) is 1.40. The van der Waals surface area contributed by atoms with E-state index in [2.05, 4.69) is 9.72 Å². The third-order valence-corrected chi connectivity index (χ3v) is 1.11. The van der Waals surface area contributed by atoms with Crippen molar-refractivity contribution in [3.63, 3.8) is 0 Å². The summed E-state index contributed by atoms with van der Waals surface area (Å²) in [7, 11) is 3.25. The molecule has 0 aliphatic carbocycles. The molecule has 0 aliphatic heterocycles. The number of aldehydes is 1. The van der Waals surface area contributed by atoms with Crippen molar-refractivity contribution >= 4 is 6.29 Å². The highest BCUT2D eigenvalue weighted by atomic mass is 16.4. The molecule has 62 valence electrons. The van der Waals surface area contributed by atoms with E-state index in [1.807, 2.05) is 13.0 Å². The van der Waals surface area contributed by atoms with Gasteiger partial charge in [-0.05, 0) is 18.6 Å². The average Bonchev–Trinajstić information content (AvgIpc) is 2.36. The number of carbonyl (C=O) groups is 1. The number of hydrogen-bond donors (Lipinski definition) is 1. The molecule has 1 heterocycles. The quantitative estimate of drug-likeness (QED) is 0.623. The monoisotopic (exact) mass is 155 g/mol. The van der Waals surface area contributed by atoms with Crippen LogP contribution in [0.3, 0.4) is 0 Å². The van der Waals surface area contributed by atoms with Gasteiger partial charge in [-0.2, -0.15) is 0 Å². The van der Waals surface area contributed by atoms with Gasteiger partial charge in [0.2, 0.25) is 0 Å². The molecule has 0 amide bonds. The maximum absolute atomic E-state index is 10.1. The van der Waals surface area contributed by atoms with Crippen LogP contribution in [-0.4, -0.2) is 25.5 Å². The molecule has 0 fully saturated rings. The highest BCUT2D eigenvalue weighted by Gasteiger charge is 1.92. The third kappa shape index (κ3) is 3.57. The van der Waals surface area contributed by atoms with Crippen molar-refractivity contribution in [2.75, 3.05) is 14.2 Å². The fourth-order valence-electron chi connectivity index (χ4n) is 0.587. The Bertz CT molecular complexity index is 206. The summed E-state index contributed by atoms with van der Waals surface area (Å²) < 4.78 is 4.25. The lowest BCUT2D eigenvalue weighted by Crippen LogP contribution is -1.79. The molecule has 1 aromatic rings. The van der Waals surface area contributed by atoms with Gasteiger partial charge in [-0.3, -0.25) is 4.79 Å². The lowest BCUT2D eigenvalue weighted by molar-refractivity contribution is 0.111. The van der Waals surface area contributed by atoms with Crippen LogP contribution in [0.1, 0.15) is 16.1 Å². The van der Waals surface area contributed by atoms with E-state index in [-0.39, 0.29) is 0 Å². The zero-order valence-corrected chi connectivity index (χ0v) is 7.05. The van der Waals surface area contributed by atoms with Gasteiger partial charge in [0.05, 0.1) is 5.69 Å². The highest BCUT2D eigenvalue weighted by Crippen LogP contribution is 1.98. The van der Waals surface area contributed by atoms with E-state index in [4.69, 9.17) is 0 Å². The molecule has 0 aromatic carbocycles. The van der Waals surface area contributed by atoms with E-state index in [0.717, 1.165) is 11.8 Å². The number of aromatic amines is 1. The molecule has 3 nitrogen and oxygen atoms in total. The lowest BCUT2D eigenvalue weighted by atomic mass is 10.3. The zero-order valence-electron chi connectivity index (χ0n) is 7.05. The van der Waals surface area contributed by atoms with Crippen LogP contribution in [0.25, 0.3) is 0 Å². The fraction of sp³-hybridized carbons (Fsp3) is 0.375. The van der Waals surface area contributed by atoms with E-state index in [1.165, 1.54) is 0 Å². The number of methoxy groups -OCH3 is 1. The lowest BCUT2D eigenvalue weighted by Gasteiger charge is -1.80. The molecule has 11 heavy (non-hydrogen) atoms. The number of carbonyl (C=O) groups excluding carboxylic acids is 1. The van der Waals surface area contributed by atoms with E-state index in [1.54, 1.807) is 20.4 Å². The minimum atomic E-state index is 0.671. The number of rotatable bonds is 1. The largest absolute Gasteiger partial charge is 0.388 e. The van der Waals surface area contributed by atoms with E-state index < -0.39 is 0 Å². The molecule has 0 saturated carbocycles. The standard InChI is InChI=1S/C6H7NO.C2H6O/c1-5-2-3-7-6(5)4-8;1-3-2/h2-4,7H,1H3;1-2H3. The van der Waals surface area contributed by atoms with Crippen molar-refractivity contribution in [2.24, 2.45) is 0 Å². The molecule has 3 heteroatoms. The molecule has 1 aromatic heterocycles. The van der Waals surface area contributed by atoms with Crippen LogP contribution in [0.5, 0.6) is 0 Å². The summed E-state index contributed by atoms with van der Waals surface area (Å²) in [6, 6.07) is 1.86. The van der Waals surface area contributed by atoms with Crippen molar-refractivity contribution < 1.29 is 9.53 Å². The Morgan fingerprint density at radius 3 is 2.27 bits per heavy atom. The second-order valence-corrected chi connectivity index (χ2v) is 2.10. The predicted molar refractivity (Wildman–Crippen MR) is 43.9 cm³/mol. The van der Waals surface area contributed by atoms with Gasteiger partial charge in [0.25, 0.3) is 0 Å².